The summed E-state index contributed by atoms with van der Waals surface area (Å²) in [5.41, 5.74) is 4.98. The third-order valence-electron chi connectivity index (χ3n) is 3.04. The molecular formula is C13H19NO2. The monoisotopic (exact) mass is 221 g/mol. The predicted octanol–water partition coefficient (Wildman–Crippen LogP) is 2.31. The fourth-order valence-corrected chi connectivity index (χ4v) is 2.21. The van der Waals surface area contributed by atoms with Crippen LogP contribution in [0.1, 0.15) is 30.4 Å². The van der Waals surface area contributed by atoms with E-state index < -0.39 is 0 Å². The van der Waals surface area contributed by atoms with E-state index in [1.165, 1.54) is 30.4 Å². The molecule has 1 aliphatic rings. The summed E-state index contributed by atoms with van der Waals surface area (Å²) < 4.78 is 5.76. The summed E-state index contributed by atoms with van der Waals surface area (Å²) in [5.74, 6) is 1.04. The Bertz CT molecular complexity index is 339. The van der Waals surface area contributed by atoms with Crippen LogP contribution in [-0.2, 0) is 12.8 Å². The van der Waals surface area contributed by atoms with Gasteiger partial charge in [-0.3, -0.25) is 0 Å². The fourth-order valence-electron chi connectivity index (χ4n) is 2.21. The number of rotatable bonds is 5. The van der Waals surface area contributed by atoms with Gasteiger partial charge in [0.15, 0.2) is 0 Å². The minimum Gasteiger partial charge on any atom is -0.493 e. The van der Waals surface area contributed by atoms with Gasteiger partial charge >= 0.3 is 0 Å². The van der Waals surface area contributed by atoms with Crippen molar-refractivity contribution in [1.82, 2.24) is 5.48 Å². The van der Waals surface area contributed by atoms with Crippen LogP contribution in [0.25, 0.3) is 0 Å². The Hall–Kier alpha value is -1.06. The first-order valence-electron chi connectivity index (χ1n) is 6.02. The van der Waals surface area contributed by atoms with Gasteiger partial charge in [-0.15, -0.1) is 0 Å². The fraction of sp³-hybridized carbons (Fsp3) is 0.538. The number of ether oxygens (including phenoxy) is 1. The minimum atomic E-state index is 0.578. The van der Waals surface area contributed by atoms with Gasteiger partial charge in [0.2, 0.25) is 0 Å². The zero-order valence-corrected chi connectivity index (χ0v) is 9.54. The zero-order chi connectivity index (χ0) is 11.2. The van der Waals surface area contributed by atoms with Crippen molar-refractivity contribution in [1.29, 1.82) is 0 Å². The molecule has 0 atom stereocenters. The van der Waals surface area contributed by atoms with Crippen molar-refractivity contribution < 1.29 is 9.94 Å². The first kappa shape index (κ1) is 11.4. The van der Waals surface area contributed by atoms with E-state index in [1.807, 2.05) is 0 Å². The smallest absolute Gasteiger partial charge is 0.122 e. The molecule has 0 spiro atoms. The molecule has 0 aromatic heterocycles. The van der Waals surface area contributed by atoms with Gasteiger partial charge in [0.05, 0.1) is 6.61 Å². The van der Waals surface area contributed by atoms with Gasteiger partial charge in [-0.2, -0.15) is 0 Å². The summed E-state index contributed by atoms with van der Waals surface area (Å²) in [4.78, 5) is 0. The Labute approximate surface area is 96.4 Å². The molecule has 16 heavy (non-hydrogen) atoms. The van der Waals surface area contributed by atoms with Crippen LogP contribution in [0.2, 0.25) is 0 Å². The predicted molar refractivity (Wildman–Crippen MR) is 63.0 cm³/mol. The maximum atomic E-state index is 8.45. The Morgan fingerprint density at radius 2 is 2.12 bits per heavy atom. The Morgan fingerprint density at radius 1 is 1.25 bits per heavy atom. The topological polar surface area (TPSA) is 41.5 Å². The average molecular weight is 221 g/mol. The van der Waals surface area contributed by atoms with Crippen LogP contribution < -0.4 is 10.2 Å². The summed E-state index contributed by atoms with van der Waals surface area (Å²) in [6, 6.07) is 6.33. The number of hydrogen-bond donors (Lipinski definition) is 2. The number of hydroxylamine groups is 1. The molecule has 88 valence electrons. The highest BCUT2D eigenvalue weighted by molar-refractivity contribution is 5.41. The lowest BCUT2D eigenvalue weighted by atomic mass is 9.91. The van der Waals surface area contributed by atoms with Gasteiger partial charge in [-0.1, -0.05) is 12.1 Å². The van der Waals surface area contributed by atoms with E-state index in [2.05, 4.69) is 23.7 Å². The Kier molecular flexibility index (Phi) is 4.19. The number of fused-ring (bicyclic) bond motifs is 1. The molecule has 3 heteroatoms. The van der Waals surface area contributed by atoms with Crippen LogP contribution in [0.4, 0.5) is 0 Å². The number of aryl methyl sites for hydroxylation is 1. The molecule has 2 N–H and O–H groups in total. The van der Waals surface area contributed by atoms with E-state index in [1.54, 1.807) is 0 Å². The summed E-state index contributed by atoms with van der Waals surface area (Å²) in [6.07, 6.45) is 5.71. The van der Waals surface area contributed by atoms with Gasteiger partial charge < -0.3 is 9.94 Å². The van der Waals surface area contributed by atoms with Crippen LogP contribution in [0.5, 0.6) is 5.75 Å². The van der Waals surface area contributed by atoms with Gasteiger partial charge in [-0.05, 0) is 49.3 Å². The Balaban J connectivity index is 1.97. The lowest BCUT2D eigenvalue weighted by molar-refractivity contribution is 0.157. The third-order valence-corrected chi connectivity index (χ3v) is 3.04. The van der Waals surface area contributed by atoms with E-state index in [0.717, 1.165) is 18.6 Å². The molecule has 1 aromatic rings. The van der Waals surface area contributed by atoms with Crippen LogP contribution in [-0.4, -0.2) is 18.4 Å². The highest BCUT2D eigenvalue weighted by Crippen LogP contribution is 2.29. The zero-order valence-electron chi connectivity index (χ0n) is 9.54. The van der Waals surface area contributed by atoms with Gasteiger partial charge in [0, 0.05) is 6.54 Å². The average Bonchev–Trinajstić information content (AvgIpc) is 2.35. The van der Waals surface area contributed by atoms with Crippen LogP contribution in [0.15, 0.2) is 18.2 Å². The summed E-state index contributed by atoms with van der Waals surface area (Å²) in [7, 11) is 0. The Morgan fingerprint density at radius 3 is 3.00 bits per heavy atom. The second-order valence-electron chi connectivity index (χ2n) is 4.21. The molecule has 3 nitrogen and oxygen atoms in total. The van der Waals surface area contributed by atoms with Crippen molar-refractivity contribution >= 4 is 0 Å². The third kappa shape index (κ3) is 2.74. The van der Waals surface area contributed by atoms with E-state index in [0.29, 0.717) is 13.2 Å². The summed E-state index contributed by atoms with van der Waals surface area (Å²) in [6.45, 7) is 1.24. The van der Waals surface area contributed by atoms with Crippen molar-refractivity contribution in [2.24, 2.45) is 0 Å². The van der Waals surface area contributed by atoms with Crippen molar-refractivity contribution in [2.45, 2.75) is 32.1 Å². The van der Waals surface area contributed by atoms with Crippen molar-refractivity contribution in [3.8, 4) is 5.75 Å². The van der Waals surface area contributed by atoms with Crippen LogP contribution >= 0.6 is 0 Å². The maximum Gasteiger partial charge on any atom is 0.122 e. The van der Waals surface area contributed by atoms with E-state index in [9.17, 15) is 0 Å². The molecule has 0 saturated heterocycles. The quantitative estimate of drug-likeness (QED) is 0.592. The highest BCUT2D eigenvalue weighted by atomic mass is 16.5. The molecule has 0 aliphatic heterocycles. The minimum absolute atomic E-state index is 0.578. The SMILES string of the molecule is ONCCCOc1cccc2c1CCCC2. The molecule has 0 unspecified atom stereocenters. The second kappa shape index (κ2) is 5.87. The molecule has 0 radical (unpaired) electrons. The van der Waals surface area contributed by atoms with Gasteiger partial charge in [0.25, 0.3) is 0 Å². The van der Waals surface area contributed by atoms with Crippen LogP contribution in [0.3, 0.4) is 0 Å². The molecule has 0 heterocycles. The van der Waals surface area contributed by atoms with E-state index in [4.69, 9.17) is 9.94 Å². The van der Waals surface area contributed by atoms with Crippen molar-refractivity contribution in [3.05, 3.63) is 29.3 Å². The second-order valence-corrected chi connectivity index (χ2v) is 4.21. The van der Waals surface area contributed by atoms with Crippen LogP contribution in [0, 0.1) is 0 Å². The molecule has 0 fully saturated rings. The maximum absolute atomic E-state index is 8.45. The molecule has 1 aromatic carbocycles. The lowest BCUT2D eigenvalue weighted by Crippen LogP contribution is -2.13. The molecule has 2 rings (SSSR count). The van der Waals surface area contributed by atoms with Crippen molar-refractivity contribution in [3.63, 3.8) is 0 Å². The van der Waals surface area contributed by atoms with E-state index >= 15 is 0 Å². The standard InChI is InChI=1S/C13H19NO2/c15-14-9-4-10-16-13-8-3-6-11-5-1-2-7-12(11)13/h3,6,8,14-15H,1-2,4-5,7,9-10H2. The summed E-state index contributed by atoms with van der Waals surface area (Å²) in [5, 5.41) is 8.45. The van der Waals surface area contributed by atoms with E-state index in [-0.39, 0.29) is 0 Å². The first-order chi connectivity index (χ1) is 7.92. The molecule has 0 amide bonds. The summed E-state index contributed by atoms with van der Waals surface area (Å²) >= 11 is 0. The number of benzene rings is 1. The molecule has 1 aliphatic carbocycles. The molecule has 0 saturated carbocycles. The number of hydrogen-bond acceptors (Lipinski definition) is 3. The largest absolute Gasteiger partial charge is 0.493 e. The molecular weight excluding hydrogens is 202 g/mol. The first-order valence-corrected chi connectivity index (χ1v) is 6.02. The van der Waals surface area contributed by atoms with Crippen molar-refractivity contribution in [2.75, 3.05) is 13.2 Å². The molecule has 0 bridgehead atoms. The van der Waals surface area contributed by atoms with Gasteiger partial charge in [0.1, 0.15) is 5.75 Å². The normalized spacial score (nSPS) is 14.6. The van der Waals surface area contributed by atoms with Gasteiger partial charge in [-0.25, -0.2) is 5.48 Å². The number of nitrogens with one attached hydrogen (secondary N) is 1. The highest BCUT2D eigenvalue weighted by Gasteiger charge is 2.13. The lowest BCUT2D eigenvalue weighted by Gasteiger charge is -2.19.